The monoisotopic (exact) mass is 284 g/mol. The molecule has 19 heavy (non-hydrogen) atoms. The largest absolute Gasteiger partial charge is 0.382 e. The molecule has 1 atom stereocenters. The summed E-state index contributed by atoms with van der Waals surface area (Å²) in [6.45, 7) is 9.13. The highest BCUT2D eigenvalue weighted by Gasteiger charge is 2.20. The van der Waals surface area contributed by atoms with E-state index in [0.717, 1.165) is 18.1 Å². The molecule has 0 saturated carbocycles. The van der Waals surface area contributed by atoms with Crippen LogP contribution in [0.4, 0.5) is 10.9 Å². The summed E-state index contributed by atoms with van der Waals surface area (Å²) in [7, 11) is 1.96. The maximum absolute atomic E-state index is 12.1. The maximum Gasteiger partial charge on any atom is 0.265 e. The fraction of sp³-hybridized carbons (Fsp3) is 0.692. The molecule has 0 fully saturated rings. The lowest BCUT2D eigenvalue weighted by molar-refractivity contribution is 0.0935. The third-order valence-corrected chi connectivity index (χ3v) is 4.28. The van der Waals surface area contributed by atoms with Crippen LogP contribution in [0.15, 0.2) is 0 Å². The van der Waals surface area contributed by atoms with E-state index in [9.17, 15) is 4.79 Å². The van der Waals surface area contributed by atoms with Crippen molar-refractivity contribution in [3.05, 3.63) is 4.88 Å². The van der Waals surface area contributed by atoms with Gasteiger partial charge in [-0.2, -0.15) is 0 Å². The molecule has 0 aromatic carbocycles. The zero-order valence-electron chi connectivity index (χ0n) is 12.4. The first-order valence-corrected chi connectivity index (χ1v) is 7.46. The number of hydrogen-bond donors (Lipinski definition) is 2. The fourth-order valence-electron chi connectivity index (χ4n) is 1.52. The molecule has 6 heteroatoms. The van der Waals surface area contributed by atoms with Crippen LogP contribution >= 0.6 is 11.3 Å². The third kappa shape index (κ3) is 4.09. The summed E-state index contributed by atoms with van der Waals surface area (Å²) in [6, 6.07) is 0.117. The minimum absolute atomic E-state index is 0.117. The standard InChI is InChI=1S/C13H24N4OS/c1-6-7-17(5)13-16-11(14)10(19-13)12(18)15-9(4)8(2)3/h8-9H,6-7,14H2,1-5H3,(H,15,18). The van der Waals surface area contributed by atoms with Crippen LogP contribution in [0.5, 0.6) is 0 Å². The number of nitrogen functional groups attached to an aromatic ring is 1. The van der Waals surface area contributed by atoms with Crippen molar-refractivity contribution in [3.8, 4) is 0 Å². The van der Waals surface area contributed by atoms with E-state index in [0.29, 0.717) is 16.6 Å². The van der Waals surface area contributed by atoms with Gasteiger partial charge in [-0.05, 0) is 19.3 Å². The Morgan fingerprint density at radius 2 is 2.11 bits per heavy atom. The molecule has 1 aromatic heterocycles. The van der Waals surface area contributed by atoms with Crippen LogP contribution in [-0.4, -0.2) is 30.5 Å². The quantitative estimate of drug-likeness (QED) is 0.841. The number of rotatable bonds is 6. The molecule has 1 rings (SSSR count). The number of anilines is 2. The molecule has 5 nitrogen and oxygen atoms in total. The Kier molecular flexibility index (Phi) is 5.60. The van der Waals surface area contributed by atoms with Crippen molar-refractivity contribution in [2.45, 2.75) is 40.2 Å². The number of nitrogens with zero attached hydrogens (tertiary/aromatic N) is 2. The molecule has 0 aliphatic carbocycles. The molecular weight excluding hydrogens is 260 g/mol. The SMILES string of the molecule is CCCN(C)c1nc(N)c(C(=O)NC(C)C(C)C)s1. The normalized spacial score (nSPS) is 12.5. The van der Waals surface area contributed by atoms with Crippen LogP contribution in [0.3, 0.4) is 0 Å². The molecule has 0 radical (unpaired) electrons. The summed E-state index contributed by atoms with van der Waals surface area (Å²) in [5, 5.41) is 3.75. The average Bonchev–Trinajstić information content (AvgIpc) is 2.71. The van der Waals surface area contributed by atoms with Crippen molar-refractivity contribution in [1.29, 1.82) is 0 Å². The summed E-state index contributed by atoms with van der Waals surface area (Å²) < 4.78 is 0. The first-order valence-electron chi connectivity index (χ1n) is 6.65. The van der Waals surface area contributed by atoms with Gasteiger partial charge in [0.05, 0.1) is 0 Å². The molecule has 1 heterocycles. The average molecular weight is 284 g/mol. The maximum atomic E-state index is 12.1. The van der Waals surface area contributed by atoms with Crippen molar-refractivity contribution in [3.63, 3.8) is 0 Å². The van der Waals surface area contributed by atoms with Gasteiger partial charge in [0.25, 0.3) is 5.91 Å². The number of carbonyl (C=O) groups excluding carboxylic acids is 1. The topological polar surface area (TPSA) is 71.2 Å². The lowest BCUT2D eigenvalue weighted by Crippen LogP contribution is -2.35. The van der Waals surface area contributed by atoms with Crippen molar-refractivity contribution < 1.29 is 4.79 Å². The van der Waals surface area contributed by atoms with Crippen molar-refractivity contribution in [1.82, 2.24) is 10.3 Å². The van der Waals surface area contributed by atoms with Gasteiger partial charge in [-0.25, -0.2) is 4.98 Å². The van der Waals surface area contributed by atoms with Crippen molar-refractivity contribution in [2.24, 2.45) is 5.92 Å². The first-order chi connectivity index (χ1) is 8.86. The Hall–Kier alpha value is -1.30. The highest BCUT2D eigenvalue weighted by atomic mass is 32.1. The van der Waals surface area contributed by atoms with E-state index < -0.39 is 0 Å². The molecule has 3 N–H and O–H groups in total. The van der Waals surface area contributed by atoms with Crippen LogP contribution in [0.25, 0.3) is 0 Å². The van der Waals surface area contributed by atoms with Crippen LogP contribution in [0, 0.1) is 5.92 Å². The number of nitrogens with one attached hydrogen (secondary N) is 1. The van der Waals surface area contributed by atoms with Gasteiger partial charge in [-0.1, -0.05) is 32.1 Å². The minimum Gasteiger partial charge on any atom is -0.382 e. The van der Waals surface area contributed by atoms with E-state index in [1.807, 2.05) is 18.9 Å². The zero-order chi connectivity index (χ0) is 14.6. The van der Waals surface area contributed by atoms with E-state index in [4.69, 9.17) is 5.73 Å². The number of amides is 1. The van der Waals surface area contributed by atoms with Gasteiger partial charge < -0.3 is 16.0 Å². The predicted octanol–water partition coefficient (Wildman–Crippen LogP) is 2.35. The Morgan fingerprint density at radius 3 is 2.63 bits per heavy atom. The molecule has 0 aliphatic rings. The number of aromatic nitrogens is 1. The summed E-state index contributed by atoms with van der Waals surface area (Å²) >= 11 is 1.35. The molecule has 0 bridgehead atoms. The van der Waals surface area contributed by atoms with E-state index in [1.165, 1.54) is 11.3 Å². The van der Waals surface area contributed by atoms with Crippen LogP contribution in [-0.2, 0) is 0 Å². The second kappa shape index (κ2) is 6.75. The lowest BCUT2D eigenvalue weighted by Gasteiger charge is -2.16. The van der Waals surface area contributed by atoms with Gasteiger partial charge in [-0.15, -0.1) is 0 Å². The molecular formula is C13H24N4OS. The Labute approximate surface area is 119 Å². The van der Waals surface area contributed by atoms with Gasteiger partial charge in [0.15, 0.2) is 5.13 Å². The van der Waals surface area contributed by atoms with Crippen molar-refractivity contribution >= 4 is 28.2 Å². The summed E-state index contributed by atoms with van der Waals surface area (Å²) in [4.78, 5) is 18.9. The predicted molar refractivity (Wildman–Crippen MR) is 81.9 cm³/mol. The van der Waals surface area contributed by atoms with Crippen LogP contribution in [0.1, 0.15) is 43.8 Å². The Morgan fingerprint density at radius 1 is 1.47 bits per heavy atom. The number of carbonyl (C=O) groups is 1. The molecule has 0 saturated heterocycles. The summed E-state index contributed by atoms with van der Waals surface area (Å²) in [6.07, 6.45) is 1.03. The van der Waals surface area contributed by atoms with Gasteiger partial charge in [-0.3, -0.25) is 4.79 Å². The minimum atomic E-state index is -0.132. The van der Waals surface area contributed by atoms with Crippen molar-refractivity contribution in [2.75, 3.05) is 24.2 Å². The molecule has 1 amide bonds. The van der Waals surface area contributed by atoms with Crippen LogP contribution < -0.4 is 16.0 Å². The Balaban J connectivity index is 2.81. The van der Waals surface area contributed by atoms with Gasteiger partial charge in [0.2, 0.25) is 0 Å². The fourth-order valence-corrected chi connectivity index (χ4v) is 2.39. The van der Waals surface area contributed by atoms with E-state index >= 15 is 0 Å². The number of nitrogens with two attached hydrogens (primary N) is 1. The molecule has 1 aromatic rings. The number of hydrogen-bond acceptors (Lipinski definition) is 5. The summed E-state index contributed by atoms with van der Waals surface area (Å²) in [5.41, 5.74) is 5.84. The summed E-state index contributed by atoms with van der Waals surface area (Å²) in [5.74, 6) is 0.573. The smallest absolute Gasteiger partial charge is 0.265 e. The van der Waals surface area contributed by atoms with Gasteiger partial charge in [0, 0.05) is 19.6 Å². The van der Waals surface area contributed by atoms with E-state index in [1.54, 1.807) is 0 Å². The number of thiazole rings is 1. The second-order valence-electron chi connectivity index (χ2n) is 5.14. The van der Waals surface area contributed by atoms with Crippen LogP contribution in [0.2, 0.25) is 0 Å². The molecule has 0 aliphatic heterocycles. The highest BCUT2D eigenvalue weighted by molar-refractivity contribution is 7.18. The molecule has 108 valence electrons. The molecule has 0 spiro atoms. The Bertz CT molecular complexity index is 430. The zero-order valence-corrected chi connectivity index (χ0v) is 13.2. The van der Waals surface area contributed by atoms with E-state index in [2.05, 4.69) is 31.1 Å². The van der Waals surface area contributed by atoms with Gasteiger partial charge >= 0.3 is 0 Å². The highest BCUT2D eigenvalue weighted by Crippen LogP contribution is 2.27. The third-order valence-electron chi connectivity index (χ3n) is 3.09. The first kappa shape index (κ1) is 15.8. The molecule has 1 unspecified atom stereocenters. The lowest BCUT2D eigenvalue weighted by atomic mass is 10.1. The van der Waals surface area contributed by atoms with Gasteiger partial charge in [0.1, 0.15) is 10.7 Å². The van der Waals surface area contributed by atoms with E-state index in [-0.39, 0.29) is 11.9 Å². The second-order valence-corrected chi connectivity index (χ2v) is 6.12.